The van der Waals surface area contributed by atoms with Gasteiger partial charge >= 0.3 is 0 Å². The molecule has 11 aromatic rings. The minimum Gasteiger partial charge on any atom is -0.309 e. The summed E-state index contributed by atoms with van der Waals surface area (Å²) >= 11 is 1.89. The summed E-state index contributed by atoms with van der Waals surface area (Å²) in [5.74, 6) is 0.200. The van der Waals surface area contributed by atoms with Crippen LogP contribution in [0.25, 0.3) is 91.5 Å². The molecule has 2 aromatic heterocycles. The highest BCUT2D eigenvalue weighted by Gasteiger charge is 2.31. The highest BCUT2D eigenvalue weighted by atomic mass is 32.1. The minimum atomic E-state index is 0.200. The Morgan fingerprint density at radius 2 is 1.00 bits per heavy atom. The van der Waals surface area contributed by atoms with E-state index in [1.165, 1.54) is 108 Å². The number of nitrogens with zero attached hydrogens (tertiary/aromatic N) is 1. The van der Waals surface area contributed by atoms with Gasteiger partial charge in [-0.25, -0.2) is 0 Å². The molecule has 1 nitrogen and oxygen atoms in total. The Bertz CT molecular complexity index is 3290. The molecule has 1 aliphatic rings. The van der Waals surface area contributed by atoms with Crippen molar-refractivity contribution in [1.29, 1.82) is 0 Å². The molecule has 0 bridgehead atoms. The Balaban J connectivity index is 1.09. The third-order valence-corrected chi connectivity index (χ3v) is 12.8. The number of hydrogen-bond donors (Lipinski definition) is 0. The molecule has 246 valence electrons. The van der Waals surface area contributed by atoms with Gasteiger partial charge in [-0.3, -0.25) is 0 Å². The van der Waals surface area contributed by atoms with Crippen LogP contribution in [0.5, 0.6) is 0 Å². The van der Waals surface area contributed by atoms with Crippen LogP contribution in [0.3, 0.4) is 0 Å². The van der Waals surface area contributed by atoms with E-state index in [0.29, 0.717) is 0 Å². The van der Waals surface area contributed by atoms with Crippen LogP contribution in [0, 0.1) is 0 Å². The highest BCUT2D eigenvalue weighted by molar-refractivity contribution is 7.25. The van der Waals surface area contributed by atoms with E-state index in [1.54, 1.807) is 0 Å². The number of benzene rings is 9. The van der Waals surface area contributed by atoms with E-state index in [9.17, 15) is 0 Å². The summed E-state index contributed by atoms with van der Waals surface area (Å²) in [6, 6.07) is 68.0. The molecule has 2 heterocycles. The molecule has 9 aromatic carbocycles. The van der Waals surface area contributed by atoms with E-state index in [4.69, 9.17) is 0 Å². The lowest BCUT2D eigenvalue weighted by Crippen LogP contribution is -2.00. The molecular formula is C51H31NS. The van der Waals surface area contributed by atoms with Crippen LogP contribution < -0.4 is 0 Å². The fraction of sp³-hybridized carbons (Fsp3) is 0.0196. The Labute approximate surface area is 310 Å². The molecule has 0 spiro atoms. The number of hydrogen-bond acceptors (Lipinski definition) is 1. The van der Waals surface area contributed by atoms with Crippen molar-refractivity contribution in [2.45, 2.75) is 5.92 Å². The summed E-state index contributed by atoms with van der Waals surface area (Å²) < 4.78 is 5.16. The zero-order valence-corrected chi connectivity index (χ0v) is 29.6. The molecule has 1 atom stereocenters. The van der Waals surface area contributed by atoms with Gasteiger partial charge in [0.25, 0.3) is 0 Å². The van der Waals surface area contributed by atoms with Crippen LogP contribution in [0.2, 0.25) is 0 Å². The van der Waals surface area contributed by atoms with Gasteiger partial charge in [-0.2, -0.15) is 0 Å². The average Bonchev–Trinajstić information content (AvgIpc) is 3.86. The molecule has 0 N–H and O–H groups in total. The van der Waals surface area contributed by atoms with Crippen LogP contribution in [-0.4, -0.2) is 4.57 Å². The van der Waals surface area contributed by atoms with Crippen molar-refractivity contribution >= 4 is 74.9 Å². The predicted molar refractivity (Wildman–Crippen MR) is 227 cm³/mol. The summed E-state index contributed by atoms with van der Waals surface area (Å²) in [5.41, 5.74) is 13.0. The fourth-order valence-electron chi connectivity index (χ4n) is 9.30. The Morgan fingerprint density at radius 3 is 1.91 bits per heavy atom. The van der Waals surface area contributed by atoms with E-state index in [2.05, 4.69) is 187 Å². The second-order valence-electron chi connectivity index (χ2n) is 14.4. The minimum absolute atomic E-state index is 0.200. The summed E-state index contributed by atoms with van der Waals surface area (Å²) in [6.07, 6.45) is 0. The molecule has 0 aliphatic heterocycles. The molecule has 53 heavy (non-hydrogen) atoms. The monoisotopic (exact) mass is 689 g/mol. The molecule has 12 rings (SSSR count). The first kappa shape index (κ1) is 29.1. The maximum Gasteiger partial charge on any atom is 0.0548 e. The highest BCUT2D eigenvalue weighted by Crippen LogP contribution is 2.51. The van der Waals surface area contributed by atoms with Gasteiger partial charge in [0.2, 0.25) is 0 Å². The number of thiophene rings is 1. The summed E-state index contributed by atoms with van der Waals surface area (Å²) in [5, 5.41) is 10.3. The van der Waals surface area contributed by atoms with Crippen LogP contribution in [0.1, 0.15) is 22.6 Å². The standard InChI is InChI=1S/C51H31NS/c1-3-15-35-31(11-1)13-9-20-39(35)51-40-19-6-5-17-37(40)42-27-33(23-25-41(42)51)34-24-26-47-43(28-34)44-30-50-45(38-18-7-8-22-49(38)53-50)29-48(44)52(47)46-21-10-14-32-12-2-4-16-36(32)46/h1-30,51H. The Kier molecular flexibility index (Phi) is 6.05. The van der Waals surface area contributed by atoms with E-state index >= 15 is 0 Å². The van der Waals surface area contributed by atoms with Gasteiger partial charge in [-0.05, 0) is 97.6 Å². The number of rotatable bonds is 3. The average molecular weight is 690 g/mol. The van der Waals surface area contributed by atoms with Crippen molar-refractivity contribution in [3.63, 3.8) is 0 Å². The third kappa shape index (κ3) is 4.19. The fourth-order valence-corrected chi connectivity index (χ4v) is 10.4. The predicted octanol–water partition coefficient (Wildman–Crippen LogP) is 14.3. The van der Waals surface area contributed by atoms with Gasteiger partial charge in [0.1, 0.15) is 0 Å². The zero-order chi connectivity index (χ0) is 34.6. The molecular weight excluding hydrogens is 659 g/mol. The van der Waals surface area contributed by atoms with E-state index < -0.39 is 0 Å². The molecule has 0 saturated heterocycles. The molecule has 2 heteroatoms. The molecule has 0 fully saturated rings. The van der Waals surface area contributed by atoms with Crippen molar-refractivity contribution in [3.05, 3.63) is 199 Å². The van der Waals surface area contributed by atoms with Gasteiger partial charge in [-0.1, -0.05) is 140 Å². The summed E-state index contributed by atoms with van der Waals surface area (Å²) in [6.45, 7) is 0. The lowest BCUT2D eigenvalue weighted by molar-refractivity contribution is 1.03. The SMILES string of the molecule is c1ccc2c(c1)-c1cc(-c3ccc4c(c3)c3cc5sc6ccccc6c5cc3n4-c3cccc4ccccc34)ccc1C2c1cccc2ccccc12. The smallest absolute Gasteiger partial charge is 0.0548 e. The van der Waals surface area contributed by atoms with Crippen LogP contribution >= 0.6 is 11.3 Å². The first-order valence-corrected chi connectivity index (χ1v) is 19.2. The Morgan fingerprint density at radius 1 is 0.358 bits per heavy atom. The number of aromatic nitrogens is 1. The largest absolute Gasteiger partial charge is 0.309 e. The van der Waals surface area contributed by atoms with Crippen molar-refractivity contribution in [3.8, 4) is 27.9 Å². The van der Waals surface area contributed by atoms with Crippen molar-refractivity contribution in [2.75, 3.05) is 0 Å². The first-order valence-electron chi connectivity index (χ1n) is 18.4. The zero-order valence-electron chi connectivity index (χ0n) is 28.8. The van der Waals surface area contributed by atoms with E-state index in [0.717, 1.165) is 0 Å². The topological polar surface area (TPSA) is 4.93 Å². The van der Waals surface area contributed by atoms with Gasteiger partial charge in [-0.15, -0.1) is 11.3 Å². The van der Waals surface area contributed by atoms with Gasteiger partial charge in [0, 0.05) is 42.2 Å². The summed E-state index contributed by atoms with van der Waals surface area (Å²) in [4.78, 5) is 0. The first-order chi connectivity index (χ1) is 26.3. The van der Waals surface area contributed by atoms with Crippen molar-refractivity contribution in [2.24, 2.45) is 0 Å². The molecule has 1 aliphatic carbocycles. The Hall–Kier alpha value is -6.48. The quantitative estimate of drug-likeness (QED) is 0.174. The second kappa shape index (κ2) is 11.0. The molecule has 1 unspecified atom stereocenters. The molecule has 0 radical (unpaired) electrons. The molecule has 0 saturated carbocycles. The van der Waals surface area contributed by atoms with Gasteiger partial charge in [0.15, 0.2) is 0 Å². The van der Waals surface area contributed by atoms with E-state index in [1.807, 2.05) is 11.3 Å². The van der Waals surface area contributed by atoms with Gasteiger partial charge < -0.3 is 4.57 Å². The third-order valence-electron chi connectivity index (χ3n) is 11.7. The lowest BCUT2D eigenvalue weighted by Gasteiger charge is -2.17. The van der Waals surface area contributed by atoms with Crippen LogP contribution in [-0.2, 0) is 0 Å². The van der Waals surface area contributed by atoms with Crippen molar-refractivity contribution < 1.29 is 0 Å². The maximum atomic E-state index is 2.50. The van der Waals surface area contributed by atoms with Gasteiger partial charge in [0.05, 0.1) is 16.7 Å². The maximum absolute atomic E-state index is 2.50. The summed E-state index contributed by atoms with van der Waals surface area (Å²) in [7, 11) is 0. The normalized spacial score (nSPS) is 13.8. The van der Waals surface area contributed by atoms with E-state index in [-0.39, 0.29) is 5.92 Å². The second-order valence-corrected chi connectivity index (χ2v) is 15.5. The van der Waals surface area contributed by atoms with Crippen LogP contribution in [0.15, 0.2) is 182 Å². The molecule has 0 amide bonds. The lowest BCUT2D eigenvalue weighted by atomic mass is 9.86. The number of fused-ring (bicyclic) bond motifs is 11. The van der Waals surface area contributed by atoms with Crippen LogP contribution in [0.4, 0.5) is 0 Å². The van der Waals surface area contributed by atoms with Crippen molar-refractivity contribution in [1.82, 2.24) is 4.57 Å².